The molecule has 2 heterocycles. The third-order valence-corrected chi connectivity index (χ3v) is 5.36. The van der Waals surface area contributed by atoms with Crippen molar-refractivity contribution in [3.8, 4) is 11.5 Å². The van der Waals surface area contributed by atoms with Crippen LogP contribution in [0.5, 0.6) is 11.5 Å². The standard InChI is InChI=1S/C25H18FNO4/c1-15-3-2-4-16(9-15)12-27-13-20(24(28)17-5-7-18(26)8-6-17)25(29)19-10-22-23(11-21(19)27)31-14-30-22/h2-11,13H,12,14H2,1H3. The third-order valence-electron chi connectivity index (χ3n) is 5.36. The Kier molecular flexibility index (Phi) is 4.55. The van der Waals surface area contributed by atoms with E-state index >= 15 is 0 Å². The lowest BCUT2D eigenvalue weighted by molar-refractivity contribution is 0.103. The normalized spacial score (nSPS) is 12.3. The summed E-state index contributed by atoms with van der Waals surface area (Å²) in [6, 6.07) is 16.6. The first-order valence-electron chi connectivity index (χ1n) is 9.82. The van der Waals surface area contributed by atoms with Gasteiger partial charge in [-0.3, -0.25) is 9.59 Å². The maximum absolute atomic E-state index is 13.3. The molecule has 0 radical (unpaired) electrons. The summed E-state index contributed by atoms with van der Waals surface area (Å²) in [5.41, 5.74) is 2.66. The quantitative estimate of drug-likeness (QED) is 0.462. The van der Waals surface area contributed by atoms with Gasteiger partial charge in [-0.2, -0.15) is 0 Å². The summed E-state index contributed by atoms with van der Waals surface area (Å²) in [6.45, 7) is 2.55. The van der Waals surface area contributed by atoms with E-state index in [-0.39, 0.29) is 17.9 Å². The molecule has 0 N–H and O–H groups in total. The van der Waals surface area contributed by atoms with Gasteiger partial charge >= 0.3 is 0 Å². The molecule has 1 aliphatic heterocycles. The van der Waals surface area contributed by atoms with E-state index in [0.29, 0.717) is 28.9 Å². The Hall–Kier alpha value is -3.93. The number of pyridine rings is 1. The highest BCUT2D eigenvalue weighted by Gasteiger charge is 2.21. The molecular weight excluding hydrogens is 397 g/mol. The van der Waals surface area contributed by atoms with Gasteiger partial charge in [0, 0.05) is 24.4 Å². The molecule has 6 heteroatoms. The molecular formula is C25H18FNO4. The summed E-state index contributed by atoms with van der Waals surface area (Å²) < 4.78 is 26.1. The Morgan fingerprint density at radius 1 is 1.03 bits per heavy atom. The molecule has 0 saturated heterocycles. The highest BCUT2D eigenvalue weighted by Crippen LogP contribution is 2.35. The van der Waals surface area contributed by atoms with Gasteiger partial charge in [-0.15, -0.1) is 0 Å². The fourth-order valence-electron chi connectivity index (χ4n) is 3.84. The van der Waals surface area contributed by atoms with Gasteiger partial charge in [-0.05, 0) is 42.8 Å². The summed E-state index contributed by atoms with van der Waals surface area (Å²) in [5, 5.41) is 0.366. The van der Waals surface area contributed by atoms with Crippen LogP contribution in [0, 0.1) is 12.7 Å². The monoisotopic (exact) mass is 415 g/mol. The van der Waals surface area contributed by atoms with Crippen LogP contribution in [0.4, 0.5) is 4.39 Å². The molecule has 0 saturated carbocycles. The molecule has 0 atom stereocenters. The number of carbonyl (C=O) groups is 1. The van der Waals surface area contributed by atoms with Crippen LogP contribution in [0.25, 0.3) is 10.9 Å². The van der Waals surface area contributed by atoms with Gasteiger partial charge < -0.3 is 14.0 Å². The predicted molar refractivity (Wildman–Crippen MR) is 114 cm³/mol. The number of benzene rings is 3. The predicted octanol–water partition coefficient (Wildman–Crippen LogP) is 4.46. The average Bonchev–Trinajstić information content (AvgIpc) is 3.22. The lowest BCUT2D eigenvalue weighted by Gasteiger charge is -2.14. The molecule has 0 amide bonds. The van der Waals surface area contributed by atoms with Crippen LogP contribution in [0.2, 0.25) is 0 Å². The molecule has 1 aromatic heterocycles. The summed E-state index contributed by atoms with van der Waals surface area (Å²) in [6.07, 6.45) is 1.57. The van der Waals surface area contributed by atoms with Crippen molar-refractivity contribution in [2.45, 2.75) is 13.5 Å². The van der Waals surface area contributed by atoms with Crippen molar-refractivity contribution in [1.29, 1.82) is 0 Å². The zero-order valence-corrected chi connectivity index (χ0v) is 16.7. The van der Waals surface area contributed by atoms with Crippen molar-refractivity contribution < 1.29 is 18.7 Å². The number of halogens is 1. The topological polar surface area (TPSA) is 57.5 Å². The second-order valence-corrected chi connectivity index (χ2v) is 7.55. The van der Waals surface area contributed by atoms with Crippen LogP contribution in [-0.2, 0) is 6.54 Å². The lowest BCUT2D eigenvalue weighted by atomic mass is 10.0. The minimum Gasteiger partial charge on any atom is -0.454 e. The maximum atomic E-state index is 13.3. The molecule has 5 nitrogen and oxygen atoms in total. The van der Waals surface area contributed by atoms with Crippen LogP contribution >= 0.6 is 0 Å². The van der Waals surface area contributed by atoms with Crippen molar-refractivity contribution >= 4 is 16.7 Å². The first-order chi connectivity index (χ1) is 15.0. The number of ketones is 1. The minimum atomic E-state index is -0.456. The Morgan fingerprint density at radius 2 is 1.77 bits per heavy atom. The summed E-state index contributed by atoms with van der Waals surface area (Å²) in [7, 11) is 0. The van der Waals surface area contributed by atoms with E-state index in [1.807, 2.05) is 29.7 Å². The molecule has 3 aromatic carbocycles. The fraction of sp³-hybridized carbons (Fsp3) is 0.120. The zero-order valence-electron chi connectivity index (χ0n) is 16.7. The Labute approximate surface area is 177 Å². The number of hydrogen-bond acceptors (Lipinski definition) is 4. The van der Waals surface area contributed by atoms with E-state index in [1.54, 1.807) is 18.3 Å². The van der Waals surface area contributed by atoms with Gasteiger partial charge in [-0.1, -0.05) is 29.8 Å². The molecule has 0 bridgehead atoms. The SMILES string of the molecule is Cc1cccc(Cn2cc(C(=O)c3ccc(F)cc3)c(=O)c3cc4c(cc32)OCO4)c1. The van der Waals surface area contributed by atoms with E-state index in [9.17, 15) is 14.0 Å². The van der Waals surface area contributed by atoms with Gasteiger partial charge in [0.05, 0.1) is 16.5 Å². The Bertz CT molecular complexity index is 1390. The minimum absolute atomic E-state index is 0.0191. The molecule has 0 fully saturated rings. The number of aromatic nitrogens is 1. The summed E-state index contributed by atoms with van der Waals surface area (Å²) in [4.78, 5) is 26.4. The number of nitrogens with zero attached hydrogens (tertiary/aromatic N) is 1. The fourth-order valence-corrected chi connectivity index (χ4v) is 3.84. The summed E-state index contributed by atoms with van der Waals surface area (Å²) >= 11 is 0. The molecule has 154 valence electrons. The lowest BCUT2D eigenvalue weighted by Crippen LogP contribution is -2.20. The van der Waals surface area contributed by atoms with Gasteiger partial charge in [0.2, 0.25) is 12.2 Å². The van der Waals surface area contributed by atoms with Gasteiger partial charge in [-0.25, -0.2) is 4.39 Å². The van der Waals surface area contributed by atoms with Crippen LogP contribution in [0.1, 0.15) is 27.0 Å². The number of carbonyl (C=O) groups excluding carboxylic acids is 1. The van der Waals surface area contributed by atoms with E-state index in [4.69, 9.17) is 9.47 Å². The van der Waals surface area contributed by atoms with Crippen molar-refractivity contribution in [1.82, 2.24) is 4.57 Å². The number of hydrogen-bond donors (Lipinski definition) is 0. The van der Waals surface area contributed by atoms with Crippen LogP contribution in [0.3, 0.4) is 0 Å². The van der Waals surface area contributed by atoms with Crippen molar-refractivity contribution in [3.05, 3.63) is 105 Å². The molecule has 31 heavy (non-hydrogen) atoms. The van der Waals surface area contributed by atoms with Gasteiger partial charge in [0.25, 0.3) is 0 Å². The maximum Gasteiger partial charge on any atom is 0.231 e. The number of aryl methyl sites for hydroxylation is 1. The zero-order chi connectivity index (χ0) is 21.5. The van der Waals surface area contributed by atoms with Gasteiger partial charge in [0.1, 0.15) is 5.82 Å². The van der Waals surface area contributed by atoms with Crippen molar-refractivity contribution in [2.75, 3.05) is 6.79 Å². The van der Waals surface area contributed by atoms with E-state index in [0.717, 1.165) is 11.1 Å². The average molecular weight is 415 g/mol. The van der Waals surface area contributed by atoms with E-state index < -0.39 is 17.0 Å². The van der Waals surface area contributed by atoms with E-state index in [1.165, 1.54) is 24.3 Å². The third kappa shape index (κ3) is 3.46. The van der Waals surface area contributed by atoms with Crippen molar-refractivity contribution in [3.63, 3.8) is 0 Å². The molecule has 0 spiro atoms. The first kappa shape index (κ1) is 19.1. The second-order valence-electron chi connectivity index (χ2n) is 7.55. The van der Waals surface area contributed by atoms with Crippen LogP contribution in [-0.4, -0.2) is 17.1 Å². The van der Waals surface area contributed by atoms with Crippen LogP contribution in [0.15, 0.2) is 71.7 Å². The largest absolute Gasteiger partial charge is 0.454 e. The number of rotatable bonds is 4. The van der Waals surface area contributed by atoms with Crippen molar-refractivity contribution in [2.24, 2.45) is 0 Å². The Morgan fingerprint density at radius 3 is 2.52 bits per heavy atom. The first-order valence-corrected chi connectivity index (χ1v) is 9.82. The molecule has 1 aliphatic rings. The highest BCUT2D eigenvalue weighted by molar-refractivity contribution is 6.10. The summed E-state index contributed by atoms with van der Waals surface area (Å²) in [5.74, 6) is 0.128. The molecule has 0 aliphatic carbocycles. The molecule has 0 unspecified atom stereocenters. The molecule has 4 aromatic rings. The number of fused-ring (bicyclic) bond motifs is 2. The van der Waals surface area contributed by atoms with Crippen LogP contribution < -0.4 is 14.9 Å². The smallest absolute Gasteiger partial charge is 0.231 e. The molecule has 5 rings (SSSR count). The second kappa shape index (κ2) is 7.40. The number of ether oxygens (including phenoxy) is 2. The Balaban J connectivity index is 1.71. The van der Waals surface area contributed by atoms with Gasteiger partial charge in [0.15, 0.2) is 17.3 Å². The highest BCUT2D eigenvalue weighted by atomic mass is 19.1. The van der Waals surface area contributed by atoms with E-state index in [2.05, 4.69) is 6.07 Å².